The predicted octanol–water partition coefficient (Wildman–Crippen LogP) is 1.45. The molecule has 0 unspecified atom stereocenters. The molecule has 130 valence electrons. The summed E-state index contributed by atoms with van der Waals surface area (Å²) >= 11 is 0. The monoisotopic (exact) mass is 360 g/mol. The van der Waals surface area contributed by atoms with E-state index >= 15 is 0 Å². The van der Waals surface area contributed by atoms with Crippen LogP contribution in [0.15, 0.2) is 53.4 Å². The summed E-state index contributed by atoms with van der Waals surface area (Å²) in [5, 5.41) is 2.71. The van der Waals surface area contributed by atoms with Gasteiger partial charge in [-0.05, 0) is 36.4 Å². The second-order valence-electron chi connectivity index (χ2n) is 5.58. The molecule has 25 heavy (non-hydrogen) atoms. The van der Waals surface area contributed by atoms with Crippen LogP contribution in [0.25, 0.3) is 0 Å². The summed E-state index contributed by atoms with van der Waals surface area (Å²) in [7, 11) is -3.28. The summed E-state index contributed by atoms with van der Waals surface area (Å²) in [5.74, 6) is -0.269. The molecule has 8 heteroatoms. The topological polar surface area (TPSA) is 92.8 Å². The van der Waals surface area contributed by atoms with Gasteiger partial charge in [0.15, 0.2) is 16.4 Å². The number of carbonyl (C=O) groups is 2. The minimum atomic E-state index is -3.28. The van der Waals surface area contributed by atoms with Gasteiger partial charge in [-0.2, -0.15) is 0 Å². The van der Waals surface area contributed by atoms with Crippen LogP contribution in [0.5, 0.6) is 5.75 Å². The Hall–Kier alpha value is -2.87. The fourth-order valence-corrected chi connectivity index (χ4v) is 3.09. The average Bonchev–Trinajstić information content (AvgIpc) is 2.58. The van der Waals surface area contributed by atoms with E-state index in [9.17, 15) is 18.0 Å². The highest BCUT2D eigenvalue weighted by molar-refractivity contribution is 7.90. The maximum absolute atomic E-state index is 12.4. The maximum Gasteiger partial charge on any atom is 0.265 e. The molecule has 2 aromatic carbocycles. The van der Waals surface area contributed by atoms with Crippen LogP contribution >= 0.6 is 0 Å². The zero-order valence-electron chi connectivity index (χ0n) is 13.4. The molecule has 0 saturated carbocycles. The first-order valence-corrected chi connectivity index (χ1v) is 9.36. The smallest absolute Gasteiger partial charge is 0.265 e. The van der Waals surface area contributed by atoms with Crippen molar-refractivity contribution in [1.82, 2.24) is 0 Å². The standard InChI is InChI=1S/C17H16N2O5S/c1-25(22,23)13-8-6-12(7-9-13)24-11-17(21)19-10-16(20)18-14-4-2-3-5-15(14)19/h2-9H,10-11H2,1H3,(H,18,20). The quantitative estimate of drug-likeness (QED) is 0.891. The number of benzene rings is 2. The van der Waals surface area contributed by atoms with E-state index in [1.165, 1.54) is 29.2 Å². The highest BCUT2D eigenvalue weighted by atomic mass is 32.2. The Morgan fingerprint density at radius 2 is 1.84 bits per heavy atom. The van der Waals surface area contributed by atoms with E-state index in [0.717, 1.165) is 6.26 Å². The number of ether oxygens (including phenoxy) is 1. The first kappa shape index (κ1) is 17.0. The third-order valence-electron chi connectivity index (χ3n) is 3.69. The number of sulfone groups is 1. The van der Waals surface area contributed by atoms with Crippen molar-refractivity contribution in [2.45, 2.75) is 4.90 Å². The first-order chi connectivity index (χ1) is 11.8. The first-order valence-electron chi connectivity index (χ1n) is 7.47. The lowest BCUT2D eigenvalue weighted by molar-refractivity contribution is -0.123. The van der Waals surface area contributed by atoms with Gasteiger partial charge in [-0.25, -0.2) is 8.42 Å². The number of para-hydroxylation sites is 2. The van der Waals surface area contributed by atoms with Gasteiger partial charge in [-0.1, -0.05) is 12.1 Å². The maximum atomic E-state index is 12.4. The van der Waals surface area contributed by atoms with Gasteiger partial charge in [-0.3, -0.25) is 14.5 Å². The molecule has 0 bridgehead atoms. The number of anilines is 2. The molecule has 0 aliphatic carbocycles. The van der Waals surface area contributed by atoms with Crippen LogP contribution in [0.4, 0.5) is 11.4 Å². The number of hydrogen-bond acceptors (Lipinski definition) is 5. The Bertz CT molecular complexity index is 922. The van der Waals surface area contributed by atoms with E-state index in [-0.39, 0.29) is 29.9 Å². The summed E-state index contributed by atoms with van der Waals surface area (Å²) in [6.45, 7) is -0.341. The van der Waals surface area contributed by atoms with Gasteiger partial charge in [-0.15, -0.1) is 0 Å². The average molecular weight is 360 g/mol. The van der Waals surface area contributed by atoms with Gasteiger partial charge in [0.2, 0.25) is 5.91 Å². The van der Waals surface area contributed by atoms with Crippen LogP contribution in [-0.4, -0.2) is 39.6 Å². The van der Waals surface area contributed by atoms with Crippen molar-refractivity contribution < 1.29 is 22.7 Å². The third kappa shape index (κ3) is 3.80. The van der Waals surface area contributed by atoms with Crippen LogP contribution < -0.4 is 15.0 Å². The Labute approximate surface area is 145 Å². The van der Waals surface area contributed by atoms with Crippen LogP contribution in [0.2, 0.25) is 0 Å². The van der Waals surface area contributed by atoms with E-state index in [0.29, 0.717) is 17.1 Å². The molecule has 1 aliphatic heterocycles. The van der Waals surface area contributed by atoms with Crippen molar-refractivity contribution in [3.63, 3.8) is 0 Å². The number of carbonyl (C=O) groups excluding carboxylic acids is 2. The SMILES string of the molecule is CS(=O)(=O)c1ccc(OCC(=O)N2CC(=O)Nc3ccccc32)cc1. The van der Waals surface area contributed by atoms with Gasteiger partial charge in [0.05, 0.1) is 16.3 Å². The molecule has 7 nitrogen and oxygen atoms in total. The van der Waals surface area contributed by atoms with Gasteiger partial charge in [0, 0.05) is 6.26 Å². The van der Waals surface area contributed by atoms with Gasteiger partial charge in [0.25, 0.3) is 5.91 Å². The number of nitrogens with zero attached hydrogens (tertiary/aromatic N) is 1. The lowest BCUT2D eigenvalue weighted by Crippen LogP contribution is -2.44. The minimum absolute atomic E-state index is 0.0772. The predicted molar refractivity (Wildman–Crippen MR) is 92.5 cm³/mol. The fraction of sp³-hybridized carbons (Fsp3) is 0.176. The molecule has 2 amide bonds. The molecule has 1 heterocycles. The number of nitrogens with one attached hydrogen (secondary N) is 1. The fourth-order valence-electron chi connectivity index (χ4n) is 2.46. The van der Waals surface area contributed by atoms with E-state index < -0.39 is 9.84 Å². The van der Waals surface area contributed by atoms with Crippen molar-refractivity contribution in [3.05, 3.63) is 48.5 Å². The zero-order chi connectivity index (χ0) is 18.0. The molecule has 1 aliphatic rings. The molecular formula is C17H16N2O5S. The number of hydrogen-bond donors (Lipinski definition) is 1. The molecule has 3 rings (SSSR count). The van der Waals surface area contributed by atoms with Crippen molar-refractivity contribution in [2.24, 2.45) is 0 Å². The number of rotatable bonds is 4. The van der Waals surface area contributed by atoms with Crippen molar-refractivity contribution in [1.29, 1.82) is 0 Å². The summed E-state index contributed by atoms with van der Waals surface area (Å²) < 4.78 is 28.3. The highest BCUT2D eigenvalue weighted by Gasteiger charge is 2.26. The van der Waals surface area contributed by atoms with Crippen LogP contribution in [0, 0.1) is 0 Å². The molecule has 0 atom stereocenters. The lowest BCUT2D eigenvalue weighted by atomic mass is 10.2. The van der Waals surface area contributed by atoms with Gasteiger partial charge >= 0.3 is 0 Å². The summed E-state index contributed by atoms with van der Waals surface area (Å²) in [4.78, 5) is 25.7. The minimum Gasteiger partial charge on any atom is -0.484 e. The normalized spacial score (nSPS) is 13.8. The Morgan fingerprint density at radius 3 is 2.52 bits per heavy atom. The van der Waals surface area contributed by atoms with Crippen LogP contribution in [0.1, 0.15) is 0 Å². The molecule has 0 saturated heterocycles. The molecule has 0 spiro atoms. The molecule has 0 radical (unpaired) electrons. The summed E-state index contributed by atoms with van der Waals surface area (Å²) in [5.41, 5.74) is 1.19. The van der Waals surface area contributed by atoms with Crippen molar-refractivity contribution >= 4 is 33.0 Å². The van der Waals surface area contributed by atoms with E-state index in [1.807, 2.05) is 0 Å². The second kappa shape index (κ2) is 6.56. The molecule has 0 aromatic heterocycles. The second-order valence-corrected chi connectivity index (χ2v) is 7.59. The summed E-state index contributed by atoms with van der Waals surface area (Å²) in [6.07, 6.45) is 1.12. The van der Waals surface area contributed by atoms with Crippen molar-refractivity contribution in [3.8, 4) is 5.75 Å². The highest BCUT2D eigenvalue weighted by Crippen LogP contribution is 2.29. The molecule has 0 fully saturated rings. The molecule has 1 N–H and O–H groups in total. The van der Waals surface area contributed by atoms with E-state index in [4.69, 9.17) is 4.74 Å². The molecule has 2 aromatic rings. The number of amides is 2. The lowest BCUT2D eigenvalue weighted by Gasteiger charge is -2.29. The largest absolute Gasteiger partial charge is 0.484 e. The van der Waals surface area contributed by atoms with Gasteiger partial charge in [0.1, 0.15) is 12.3 Å². The van der Waals surface area contributed by atoms with E-state index in [1.54, 1.807) is 24.3 Å². The Balaban J connectivity index is 1.70. The molecular weight excluding hydrogens is 344 g/mol. The number of fused-ring (bicyclic) bond motifs is 1. The summed E-state index contributed by atoms with van der Waals surface area (Å²) in [6, 6.07) is 12.8. The van der Waals surface area contributed by atoms with E-state index in [2.05, 4.69) is 5.32 Å². The van der Waals surface area contributed by atoms with Crippen LogP contribution in [-0.2, 0) is 19.4 Å². The van der Waals surface area contributed by atoms with Gasteiger partial charge < -0.3 is 10.1 Å². The zero-order valence-corrected chi connectivity index (χ0v) is 14.2. The Morgan fingerprint density at radius 1 is 1.16 bits per heavy atom. The van der Waals surface area contributed by atoms with Crippen molar-refractivity contribution in [2.75, 3.05) is 29.6 Å². The van der Waals surface area contributed by atoms with Crippen LogP contribution in [0.3, 0.4) is 0 Å². The Kier molecular flexibility index (Phi) is 4.45. The third-order valence-corrected chi connectivity index (χ3v) is 4.81.